The lowest BCUT2D eigenvalue weighted by atomic mass is 10.2. The summed E-state index contributed by atoms with van der Waals surface area (Å²) in [5, 5.41) is 6.24. The van der Waals surface area contributed by atoms with Crippen molar-refractivity contribution in [1.82, 2.24) is 10.1 Å². The number of nitrogens with one attached hydrogen (secondary N) is 1. The molecule has 1 aromatic heterocycles. The Labute approximate surface area is 130 Å². The van der Waals surface area contributed by atoms with Crippen LogP contribution in [0, 0.1) is 0 Å². The van der Waals surface area contributed by atoms with Gasteiger partial charge in [0.15, 0.2) is 5.82 Å². The van der Waals surface area contributed by atoms with Gasteiger partial charge in [0.05, 0.1) is 12.6 Å². The molecule has 1 fully saturated rings. The maximum atomic E-state index is 12.3. The fourth-order valence-corrected chi connectivity index (χ4v) is 2.41. The molecule has 22 heavy (non-hydrogen) atoms. The molecule has 1 unspecified atom stereocenters. The van der Waals surface area contributed by atoms with Gasteiger partial charge in [0.2, 0.25) is 11.8 Å². The van der Waals surface area contributed by atoms with Crippen LogP contribution in [0.25, 0.3) is 0 Å². The third-order valence-corrected chi connectivity index (χ3v) is 3.58. The number of nitrogens with zero attached hydrogens (tertiary/aromatic N) is 2. The standard InChI is InChI=1S/C15H23N3O4/c1-2-3-6-15(20)18(10-12-5-4-8-21-12)11-14(19)16-13-7-9-22-17-13/h7,9,12H,2-6,8,10-11H2,1H3,(H,16,17,19). The number of carbonyl (C=O) groups excluding carboxylic acids is 2. The van der Waals surface area contributed by atoms with E-state index in [9.17, 15) is 9.59 Å². The van der Waals surface area contributed by atoms with E-state index < -0.39 is 0 Å². The summed E-state index contributed by atoms with van der Waals surface area (Å²) in [6.07, 6.45) is 5.59. The van der Waals surface area contributed by atoms with Crippen molar-refractivity contribution < 1.29 is 18.8 Å². The Morgan fingerprint density at radius 3 is 3.00 bits per heavy atom. The molecule has 2 rings (SSSR count). The highest BCUT2D eigenvalue weighted by molar-refractivity contribution is 5.93. The smallest absolute Gasteiger partial charge is 0.245 e. The Hall–Kier alpha value is -1.89. The molecule has 0 aliphatic carbocycles. The number of rotatable bonds is 8. The number of hydrogen-bond donors (Lipinski definition) is 1. The second-order valence-electron chi connectivity index (χ2n) is 5.45. The van der Waals surface area contributed by atoms with Gasteiger partial charge in [0.25, 0.3) is 0 Å². The molecule has 7 nitrogen and oxygen atoms in total. The molecule has 1 atom stereocenters. The lowest BCUT2D eigenvalue weighted by molar-refractivity contribution is -0.136. The summed E-state index contributed by atoms with van der Waals surface area (Å²) < 4.78 is 10.2. The number of ether oxygens (including phenoxy) is 1. The molecule has 1 aliphatic rings. The van der Waals surface area contributed by atoms with Crippen LogP contribution in [0.2, 0.25) is 0 Å². The van der Waals surface area contributed by atoms with Crippen molar-refractivity contribution in [1.29, 1.82) is 0 Å². The summed E-state index contributed by atoms with van der Waals surface area (Å²) in [5.74, 6) is 0.0625. The van der Waals surface area contributed by atoms with E-state index in [1.165, 1.54) is 6.26 Å². The van der Waals surface area contributed by atoms with E-state index in [0.29, 0.717) is 18.8 Å². The van der Waals surface area contributed by atoms with Crippen LogP contribution < -0.4 is 5.32 Å². The van der Waals surface area contributed by atoms with E-state index >= 15 is 0 Å². The zero-order chi connectivity index (χ0) is 15.8. The molecule has 0 saturated carbocycles. The minimum atomic E-state index is -0.281. The minimum absolute atomic E-state index is 0.00680. The largest absolute Gasteiger partial charge is 0.376 e. The van der Waals surface area contributed by atoms with Crippen LogP contribution in [0.4, 0.5) is 5.82 Å². The van der Waals surface area contributed by atoms with E-state index in [2.05, 4.69) is 15.0 Å². The minimum Gasteiger partial charge on any atom is -0.376 e. The van der Waals surface area contributed by atoms with Crippen molar-refractivity contribution in [3.05, 3.63) is 12.3 Å². The number of amides is 2. The van der Waals surface area contributed by atoms with Crippen LogP contribution in [0.1, 0.15) is 39.0 Å². The monoisotopic (exact) mass is 309 g/mol. The van der Waals surface area contributed by atoms with E-state index in [1.54, 1.807) is 11.0 Å². The molecule has 0 spiro atoms. The molecule has 2 heterocycles. The van der Waals surface area contributed by atoms with Crippen LogP contribution in [-0.2, 0) is 14.3 Å². The summed E-state index contributed by atoms with van der Waals surface area (Å²) in [4.78, 5) is 25.9. The summed E-state index contributed by atoms with van der Waals surface area (Å²) in [7, 11) is 0. The van der Waals surface area contributed by atoms with Gasteiger partial charge in [-0.05, 0) is 19.3 Å². The van der Waals surface area contributed by atoms with Crippen molar-refractivity contribution in [3.63, 3.8) is 0 Å². The Kier molecular flexibility index (Phi) is 6.39. The zero-order valence-corrected chi connectivity index (χ0v) is 12.9. The Bertz CT molecular complexity index is 469. The van der Waals surface area contributed by atoms with Gasteiger partial charge in [0.1, 0.15) is 6.26 Å². The predicted molar refractivity (Wildman–Crippen MR) is 80.2 cm³/mol. The molecule has 1 N–H and O–H groups in total. The van der Waals surface area contributed by atoms with Crippen molar-refractivity contribution in [2.75, 3.05) is 25.0 Å². The van der Waals surface area contributed by atoms with Crippen LogP contribution >= 0.6 is 0 Å². The normalized spacial score (nSPS) is 17.4. The Morgan fingerprint density at radius 2 is 2.36 bits per heavy atom. The molecule has 1 saturated heterocycles. The van der Waals surface area contributed by atoms with Crippen LogP contribution in [0.5, 0.6) is 0 Å². The summed E-state index contributed by atoms with van der Waals surface area (Å²) >= 11 is 0. The number of carbonyl (C=O) groups is 2. The van der Waals surface area contributed by atoms with E-state index in [0.717, 1.165) is 32.3 Å². The second-order valence-corrected chi connectivity index (χ2v) is 5.45. The number of unbranched alkanes of at least 4 members (excludes halogenated alkanes) is 1. The lowest BCUT2D eigenvalue weighted by Gasteiger charge is -2.24. The SMILES string of the molecule is CCCCC(=O)N(CC(=O)Nc1ccon1)CC1CCCO1. The second kappa shape index (κ2) is 8.53. The topological polar surface area (TPSA) is 84.7 Å². The van der Waals surface area contributed by atoms with E-state index in [1.807, 2.05) is 6.92 Å². The summed E-state index contributed by atoms with van der Waals surface area (Å²) in [6.45, 7) is 3.24. The van der Waals surface area contributed by atoms with Gasteiger partial charge in [-0.25, -0.2) is 0 Å². The fraction of sp³-hybridized carbons (Fsp3) is 0.667. The van der Waals surface area contributed by atoms with Gasteiger partial charge in [-0.15, -0.1) is 0 Å². The van der Waals surface area contributed by atoms with Gasteiger partial charge in [-0.2, -0.15) is 0 Å². The number of hydrogen-bond acceptors (Lipinski definition) is 5. The van der Waals surface area contributed by atoms with E-state index in [-0.39, 0.29) is 24.5 Å². The molecule has 1 aliphatic heterocycles. The zero-order valence-electron chi connectivity index (χ0n) is 12.9. The third-order valence-electron chi connectivity index (χ3n) is 3.58. The molecule has 2 amide bonds. The van der Waals surface area contributed by atoms with Crippen LogP contribution in [-0.4, -0.2) is 47.7 Å². The lowest BCUT2D eigenvalue weighted by Crippen LogP contribution is -2.42. The molecule has 0 aromatic carbocycles. The highest BCUT2D eigenvalue weighted by Gasteiger charge is 2.24. The molecule has 1 aromatic rings. The van der Waals surface area contributed by atoms with Gasteiger partial charge in [-0.3, -0.25) is 9.59 Å². The van der Waals surface area contributed by atoms with Crippen LogP contribution in [0.15, 0.2) is 16.9 Å². The predicted octanol–water partition coefficient (Wildman–Crippen LogP) is 1.81. The fourth-order valence-electron chi connectivity index (χ4n) is 2.41. The van der Waals surface area contributed by atoms with Crippen molar-refractivity contribution >= 4 is 17.6 Å². The highest BCUT2D eigenvalue weighted by atomic mass is 16.5. The van der Waals surface area contributed by atoms with Crippen LogP contribution in [0.3, 0.4) is 0 Å². The molecule has 0 radical (unpaired) electrons. The first-order chi connectivity index (χ1) is 10.7. The van der Waals surface area contributed by atoms with Crippen molar-refractivity contribution in [3.8, 4) is 0 Å². The van der Waals surface area contributed by atoms with Gasteiger partial charge >= 0.3 is 0 Å². The van der Waals surface area contributed by atoms with E-state index in [4.69, 9.17) is 4.74 Å². The molecule has 122 valence electrons. The number of anilines is 1. The highest BCUT2D eigenvalue weighted by Crippen LogP contribution is 2.14. The maximum absolute atomic E-state index is 12.3. The first kappa shape index (κ1) is 16.5. The molecular weight excluding hydrogens is 286 g/mol. The van der Waals surface area contributed by atoms with Crippen molar-refractivity contribution in [2.24, 2.45) is 0 Å². The summed E-state index contributed by atoms with van der Waals surface area (Å²) in [6, 6.07) is 1.56. The maximum Gasteiger partial charge on any atom is 0.245 e. The van der Waals surface area contributed by atoms with Crippen molar-refractivity contribution in [2.45, 2.75) is 45.1 Å². The van der Waals surface area contributed by atoms with Gasteiger partial charge in [-0.1, -0.05) is 18.5 Å². The number of aromatic nitrogens is 1. The molecule has 0 bridgehead atoms. The van der Waals surface area contributed by atoms with Gasteiger partial charge < -0.3 is 19.5 Å². The average molecular weight is 309 g/mol. The first-order valence-corrected chi connectivity index (χ1v) is 7.78. The molecular formula is C15H23N3O4. The average Bonchev–Trinajstić information content (AvgIpc) is 3.17. The summed E-state index contributed by atoms with van der Waals surface area (Å²) in [5.41, 5.74) is 0. The Balaban J connectivity index is 1.89. The molecule has 7 heteroatoms. The third kappa shape index (κ3) is 5.14. The first-order valence-electron chi connectivity index (χ1n) is 7.78. The Morgan fingerprint density at radius 1 is 1.50 bits per heavy atom. The quantitative estimate of drug-likeness (QED) is 0.791. The van der Waals surface area contributed by atoms with Gasteiger partial charge in [0, 0.05) is 25.6 Å².